The van der Waals surface area contributed by atoms with E-state index in [0.29, 0.717) is 16.8 Å². The standard InChI is InChI=1S/C22H20N2O2/c1-15-6-5-8-17(12-15)13-21(25)19-14-23-11-10-20(19)24-22(26)18-9-4-3-7-16(18)2/h3-12,14H,13H2,1-2H3,(H,23,24,26). The first-order chi connectivity index (χ1) is 12.5. The minimum absolute atomic E-state index is 0.0798. The van der Waals surface area contributed by atoms with Crippen LogP contribution in [0.2, 0.25) is 0 Å². The van der Waals surface area contributed by atoms with E-state index in [1.807, 2.05) is 56.3 Å². The van der Waals surface area contributed by atoms with E-state index in [1.54, 1.807) is 18.3 Å². The molecular weight excluding hydrogens is 324 g/mol. The third kappa shape index (κ3) is 4.03. The van der Waals surface area contributed by atoms with Crippen LogP contribution in [-0.4, -0.2) is 16.7 Å². The summed E-state index contributed by atoms with van der Waals surface area (Å²) in [6, 6.07) is 16.8. The van der Waals surface area contributed by atoms with Gasteiger partial charge in [-0.3, -0.25) is 14.6 Å². The molecule has 1 heterocycles. The Morgan fingerprint density at radius 1 is 0.962 bits per heavy atom. The third-order valence-electron chi connectivity index (χ3n) is 4.21. The molecule has 0 aliphatic carbocycles. The number of aryl methyl sites for hydroxylation is 2. The Morgan fingerprint density at radius 3 is 2.54 bits per heavy atom. The minimum Gasteiger partial charge on any atom is -0.321 e. The second-order valence-corrected chi connectivity index (χ2v) is 6.28. The van der Waals surface area contributed by atoms with Crippen molar-refractivity contribution >= 4 is 17.4 Å². The highest BCUT2D eigenvalue weighted by Gasteiger charge is 2.16. The summed E-state index contributed by atoms with van der Waals surface area (Å²) in [5.74, 6) is -0.317. The van der Waals surface area contributed by atoms with Crippen molar-refractivity contribution in [3.8, 4) is 0 Å². The molecule has 0 saturated heterocycles. The zero-order valence-corrected chi connectivity index (χ0v) is 14.8. The molecule has 0 saturated carbocycles. The maximum atomic E-state index is 12.7. The van der Waals surface area contributed by atoms with E-state index in [9.17, 15) is 9.59 Å². The van der Waals surface area contributed by atoms with Crippen LogP contribution in [0.5, 0.6) is 0 Å². The fourth-order valence-corrected chi connectivity index (χ4v) is 2.85. The normalized spacial score (nSPS) is 10.4. The smallest absolute Gasteiger partial charge is 0.255 e. The molecule has 130 valence electrons. The first-order valence-corrected chi connectivity index (χ1v) is 8.44. The number of hydrogen-bond acceptors (Lipinski definition) is 3. The number of pyridine rings is 1. The van der Waals surface area contributed by atoms with Crippen molar-refractivity contribution in [2.45, 2.75) is 20.3 Å². The highest BCUT2D eigenvalue weighted by Crippen LogP contribution is 2.19. The molecule has 0 bridgehead atoms. The number of amides is 1. The summed E-state index contributed by atoms with van der Waals surface area (Å²) in [4.78, 5) is 29.4. The maximum Gasteiger partial charge on any atom is 0.255 e. The van der Waals surface area contributed by atoms with E-state index in [0.717, 1.165) is 16.7 Å². The number of carbonyl (C=O) groups is 2. The van der Waals surface area contributed by atoms with E-state index in [2.05, 4.69) is 10.3 Å². The van der Waals surface area contributed by atoms with E-state index < -0.39 is 0 Å². The van der Waals surface area contributed by atoms with Crippen molar-refractivity contribution in [1.82, 2.24) is 4.98 Å². The molecule has 0 atom stereocenters. The fraction of sp³-hybridized carbons (Fsp3) is 0.136. The Labute approximate surface area is 152 Å². The SMILES string of the molecule is Cc1cccc(CC(=O)c2cnccc2NC(=O)c2ccccc2C)c1. The predicted octanol–water partition coefficient (Wildman–Crippen LogP) is 4.38. The lowest BCUT2D eigenvalue weighted by Crippen LogP contribution is -2.16. The number of ketones is 1. The molecule has 1 N–H and O–H groups in total. The highest BCUT2D eigenvalue weighted by molar-refractivity contribution is 6.10. The van der Waals surface area contributed by atoms with E-state index >= 15 is 0 Å². The number of aromatic nitrogens is 1. The summed E-state index contributed by atoms with van der Waals surface area (Å²) in [5.41, 5.74) is 4.40. The first-order valence-electron chi connectivity index (χ1n) is 8.44. The molecule has 3 aromatic rings. The molecule has 0 aliphatic heterocycles. The van der Waals surface area contributed by atoms with Crippen LogP contribution in [0.15, 0.2) is 67.0 Å². The molecule has 0 unspecified atom stereocenters. The lowest BCUT2D eigenvalue weighted by atomic mass is 10.0. The van der Waals surface area contributed by atoms with Gasteiger partial charge in [-0.15, -0.1) is 0 Å². The molecule has 2 aromatic carbocycles. The molecule has 1 amide bonds. The average Bonchev–Trinajstić information content (AvgIpc) is 2.62. The van der Waals surface area contributed by atoms with Gasteiger partial charge in [0.15, 0.2) is 5.78 Å². The van der Waals surface area contributed by atoms with Gasteiger partial charge in [0.25, 0.3) is 5.91 Å². The Kier molecular flexibility index (Phi) is 5.23. The average molecular weight is 344 g/mol. The molecule has 1 aromatic heterocycles. The van der Waals surface area contributed by atoms with Gasteiger partial charge in [0.05, 0.1) is 11.3 Å². The van der Waals surface area contributed by atoms with E-state index in [-0.39, 0.29) is 18.1 Å². The van der Waals surface area contributed by atoms with Crippen molar-refractivity contribution in [3.63, 3.8) is 0 Å². The van der Waals surface area contributed by atoms with Crippen LogP contribution in [0.3, 0.4) is 0 Å². The Balaban J connectivity index is 1.83. The van der Waals surface area contributed by atoms with E-state index in [1.165, 1.54) is 6.20 Å². The maximum absolute atomic E-state index is 12.7. The van der Waals surface area contributed by atoms with Crippen LogP contribution in [-0.2, 0) is 6.42 Å². The molecule has 0 fully saturated rings. The van der Waals surface area contributed by atoms with Crippen LogP contribution in [0.1, 0.15) is 37.4 Å². The fourth-order valence-electron chi connectivity index (χ4n) is 2.85. The summed E-state index contributed by atoms with van der Waals surface area (Å²) in [7, 11) is 0. The van der Waals surface area contributed by atoms with Crippen molar-refractivity contribution in [2.75, 3.05) is 5.32 Å². The van der Waals surface area contributed by atoms with Gasteiger partial charge in [0.2, 0.25) is 0 Å². The number of hydrogen-bond donors (Lipinski definition) is 1. The van der Waals surface area contributed by atoms with Gasteiger partial charge < -0.3 is 5.32 Å². The van der Waals surface area contributed by atoms with Gasteiger partial charge in [0.1, 0.15) is 0 Å². The summed E-state index contributed by atoms with van der Waals surface area (Å²) >= 11 is 0. The topological polar surface area (TPSA) is 59.1 Å². The van der Waals surface area contributed by atoms with Crippen molar-refractivity contribution in [1.29, 1.82) is 0 Å². The second-order valence-electron chi connectivity index (χ2n) is 6.28. The molecule has 3 rings (SSSR count). The van der Waals surface area contributed by atoms with Gasteiger partial charge in [0, 0.05) is 24.4 Å². The predicted molar refractivity (Wildman–Crippen MR) is 103 cm³/mol. The Hall–Kier alpha value is -3.27. The van der Waals surface area contributed by atoms with Crippen LogP contribution in [0, 0.1) is 13.8 Å². The highest BCUT2D eigenvalue weighted by atomic mass is 16.1. The second kappa shape index (κ2) is 7.74. The monoisotopic (exact) mass is 344 g/mol. The zero-order valence-electron chi connectivity index (χ0n) is 14.8. The van der Waals surface area contributed by atoms with Crippen molar-refractivity contribution in [2.24, 2.45) is 0 Å². The molecule has 4 nitrogen and oxygen atoms in total. The number of Topliss-reactive ketones (excluding diaryl/α,β-unsaturated/α-hetero) is 1. The number of benzene rings is 2. The first kappa shape index (κ1) is 17.5. The van der Waals surface area contributed by atoms with Crippen LogP contribution >= 0.6 is 0 Å². The molecule has 0 spiro atoms. The molecule has 0 aliphatic rings. The number of nitrogens with zero attached hydrogens (tertiary/aromatic N) is 1. The number of nitrogens with one attached hydrogen (secondary N) is 1. The van der Waals surface area contributed by atoms with Gasteiger partial charge >= 0.3 is 0 Å². The Bertz CT molecular complexity index is 964. The summed E-state index contributed by atoms with van der Waals surface area (Å²) in [6.45, 7) is 3.87. The quantitative estimate of drug-likeness (QED) is 0.699. The van der Waals surface area contributed by atoms with E-state index in [4.69, 9.17) is 0 Å². The van der Waals surface area contributed by atoms with Crippen molar-refractivity contribution < 1.29 is 9.59 Å². The summed E-state index contributed by atoms with van der Waals surface area (Å²) in [6.07, 6.45) is 3.34. The van der Waals surface area contributed by atoms with Crippen LogP contribution in [0.4, 0.5) is 5.69 Å². The van der Waals surface area contributed by atoms with Crippen LogP contribution < -0.4 is 5.32 Å². The number of anilines is 1. The molecule has 0 radical (unpaired) electrons. The molecule has 4 heteroatoms. The lowest BCUT2D eigenvalue weighted by molar-refractivity contribution is 0.0993. The lowest BCUT2D eigenvalue weighted by Gasteiger charge is -2.11. The van der Waals surface area contributed by atoms with Gasteiger partial charge in [-0.1, -0.05) is 48.0 Å². The number of carbonyl (C=O) groups excluding carboxylic acids is 2. The number of rotatable bonds is 5. The van der Waals surface area contributed by atoms with Crippen molar-refractivity contribution in [3.05, 3.63) is 94.8 Å². The zero-order chi connectivity index (χ0) is 18.5. The Morgan fingerprint density at radius 2 is 1.77 bits per heavy atom. The largest absolute Gasteiger partial charge is 0.321 e. The third-order valence-corrected chi connectivity index (χ3v) is 4.21. The summed E-state index contributed by atoms with van der Waals surface area (Å²) < 4.78 is 0. The van der Waals surface area contributed by atoms with Crippen LogP contribution in [0.25, 0.3) is 0 Å². The van der Waals surface area contributed by atoms with Gasteiger partial charge in [-0.2, -0.15) is 0 Å². The van der Waals surface area contributed by atoms with Gasteiger partial charge in [-0.05, 0) is 37.1 Å². The molecule has 26 heavy (non-hydrogen) atoms. The minimum atomic E-state index is -0.237. The van der Waals surface area contributed by atoms with Gasteiger partial charge in [-0.25, -0.2) is 0 Å². The summed E-state index contributed by atoms with van der Waals surface area (Å²) in [5, 5.41) is 2.85. The molecular formula is C22H20N2O2.